The lowest BCUT2D eigenvalue weighted by molar-refractivity contribution is -0.385. The third-order valence-electron chi connectivity index (χ3n) is 4.06. The molecular formula is C15H17Cl2NO4. The van der Waals surface area contributed by atoms with Crippen molar-refractivity contribution in [3.63, 3.8) is 0 Å². The smallest absolute Gasteiger partial charge is 0.321 e. The molecule has 0 bridgehead atoms. The zero-order valence-electron chi connectivity index (χ0n) is 11.9. The summed E-state index contributed by atoms with van der Waals surface area (Å²) in [6.45, 7) is 0. The molecule has 0 aliphatic heterocycles. The van der Waals surface area contributed by atoms with Crippen LogP contribution in [0.1, 0.15) is 49.1 Å². The molecule has 0 aromatic heterocycles. The average Bonchev–Trinajstić information content (AvgIpc) is 2.47. The molecule has 1 saturated carbocycles. The number of carboxylic acids is 1. The molecule has 1 atom stereocenters. The van der Waals surface area contributed by atoms with Crippen molar-refractivity contribution in [2.75, 3.05) is 0 Å². The topological polar surface area (TPSA) is 80.4 Å². The van der Waals surface area contributed by atoms with E-state index in [9.17, 15) is 14.9 Å². The number of aliphatic carboxylic acids is 1. The minimum atomic E-state index is -1.16. The van der Waals surface area contributed by atoms with Crippen LogP contribution in [0.25, 0.3) is 0 Å². The molecule has 1 unspecified atom stereocenters. The van der Waals surface area contributed by atoms with Crippen molar-refractivity contribution in [1.82, 2.24) is 0 Å². The highest BCUT2D eigenvalue weighted by molar-refractivity contribution is 6.32. The maximum atomic E-state index is 11.4. The summed E-state index contributed by atoms with van der Waals surface area (Å²) in [6, 6.07) is 3.02. The van der Waals surface area contributed by atoms with Gasteiger partial charge >= 0.3 is 5.97 Å². The summed E-state index contributed by atoms with van der Waals surface area (Å²) in [5.41, 5.74) is 1.03. The first-order chi connectivity index (χ1) is 10.4. The standard InChI is InChI=1S/C15H17Cl2NO4/c16-11-6-9(7-12(17)15(19)20)8-13(18(21)22)14(11)10-4-2-1-3-5-10/h6,8,10,12H,1-5,7H2,(H,19,20). The van der Waals surface area contributed by atoms with Crippen LogP contribution in [0.2, 0.25) is 5.02 Å². The van der Waals surface area contributed by atoms with Crippen LogP contribution in [-0.2, 0) is 11.2 Å². The first-order valence-electron chi connectivity index (χ1n) is 7.23. The van der Waals surface area contributed by atoms with E-state index in [0.29, 0.717) is 16.1 Å². The van der Waals surface area contributed by atoms with Crippen molar-refractivity contribution in [1.29, 1.82) is 0 Å². The molecule has 0 spiro atoms. The highest BCUT2D eigenvalue weighted by Crippen LogP contribution is 2.42. The molecule has 1 N–H and O–H groups in total. The second-order valence-electron chi connectivity index (χ2n) is 5.61. The summed E-state index contributed by atoms with van der Waals surface area (Å²) in [6.07, 6.45) is 5.03. The monoisotopic (exact) mass is 345 g/mol. The number of alkyl halides is 1. The van der Waals surface area contributed by atoms with Crippen LogP contribution < -0.4 is 0 Å². The maximum Gasteiger partial charge on any atom is 0.321 e. The molecule has 2 rings (SSSR count). The van der Waals surface area contributed by atoms with Crippen LogP contribution in [-0.4, -0.2) is 21.4 Å². The molecule has 1 aliphatic rings. The van der Waals surface area contributed by atoms with Gasteiger partial charge in [-0.1, -0.05) is 30.9 Å². The number of carbonyl (C=O) groups is 1. The fourth-order valence-electron chi connectivity index (χ4n) is 3.02. The number of nitro benzene ring substituents is 1. The minimum Gasteiger partial charge on any atom is -0.480 e. The number of nitrogens with zero attached hydrogens (tertiary/aromatic N) is 1. The van der Waals surface area contributed by atoms with Crippen molar-refractivity contribution >= 4 is 34.9 Å². The first kappa shape index (κ1) is 17.0. The largest absolute Gasteiger partial charge is 0.480 e. The van der Waals surface area contributed by atoms with Gasteiger partial charge in [-0.25, -0.2) is 0 Å². The highest BCUT2D eigenvalue weighted by atomic mass is 35.5. The lowest BCUT2D eigenvalue weighted by Gasteiger charge is -2.23. The first-order valence-corrected chi connectivity index (χ1v) is 8.05. The van der Waals surface area contributed by atoms with Crippen molar-refractivity contribution in [2.45, 2.75) is 49.8 Å². The van der Waals surface area contributed by atoms with Crippen LogP contribution >= 0.6 is 23.2 Å². The Bertz CT molecular complexity index is 585. The summed E-state index contributed by atoms with van der Waals surface area (Å²) in [7, 11) is 0. The van der Waals surface area contributed by atoms with E-state index in [1.54, 1.807) is 6.07 Å². The quantitative estimate of drug-likeness (QED) is 0.482. The number of hydrogen-bond donors (Lipinski definition) is 1. The van der Waals surface area contributed by atoms with E-state index < -0.39 is 16.3 Å². The highest BCUT2D eigenvalue weighted by Gasteiger charge is 2.28. The van der Waals surface area contributed by atoms with Gasteiger partial charge in [0.1, 0.15) is 5.38 Å². The molecule has 1 aromatic rings. The minimum absolute atomic E-state index is 0.00238. The summed E-state index contributed by atoms with van der Waals surface area (Å²) < 4.78 is 0. The Morgan fingerprint density at radius 2 is 2.00 bits per heavy atom. The van der Waals surface area contributed by atoms with Gasteiger partial charge in [0.15, 0.2) is 0 Å². The van der Waals surface area contributed by atoms with E-state index in [4.69, 9.17) is 28.3 Å². The number of hydrogen-bond acceptors (Lipinski definition) is 3. The van der Waals surface area contributed by atoms with Gasteiger partial charge in [-0.15, -0.1) is 11.6 Å². The van der Waals surface area contributed by atoms with Gasteiger partial charge < -0.3 is 5.11 Å². The summed E-state index contributed by atoms with van der Waals surface area (Å²) in [5, 5.41) is 19.4. The lowest BCUT2D eigenvalue weighted by Crippen LogP contribution is -2.16. The van der Waals surface area contributed by atoms with Gasteiger partial charge in [0.05, 0.1) is 15.5 Å². The van der Waals surface area contributed by atoms with Crippen molar-refractivity contribution in [2.24, 2.45) is 0 Å². The zero-order valence-corrected chi connectivity index (χ0v) is 13.4. The number of nitro groups is 1. The van der Waals surface area contributed by atoms with E-state index in [0.717, 1.165) is 32.1 Å². The Hall–Kier alpha value is -1.33. The van der Waals surface area contributed by atoms with Crippen LogP contribution in [0.3, 0.4) is 0 Å². The second kappa shape index (κ2) is 7.29. The molecule has 120 valence electrons. The summed E-state index contributed by atoms with van der Waals surface area (Å²) in [4.78, 5) is 21.8. The molecule has 0 heterocycles. The molecule has 22 heavy (non-hydrogen) atoms. The predicted molar refractivity (Wildman–Crippen MR) is 84.9 cm³/mol. The van der Waals surface area contributed by atoms with E-state index >= 15 is 0 Å². The van der Waals surface area contributed by atoms with Crippen LogP contribution in [0, 0.1) is 10.1 Å². The van der Waals surface area contributed by atoms with Gasteiger partial charge in [-0.3, -0.25) is 14.9 Å². The normalized spacial score (nSPS) is 17.2. The number of rotatable bonds is 5. The Morgan fingerprint density at radius 3 is 2.55 bits per heavy atom. The average molecular weight is 346 g/mol. The second-order valence-corrected chi connectivity index (χ2v) is 6.55. The van der Waals surface area contributed by atoms with Gasteiger partial charge in [-0.2, -0.15) is 0 Å². The maximum absolute atomic E-state index is 11.4. The molecule has 0 saturated heterocycles. The van der Waals surface area contributed by atoms with E-state index in [2.05, 4.69) is 0 Å². The molecular weight excluding hydrogens is 329 g/mol. The Kier molecular flexibility index (Phi) is 5.64. The van der Waals surface area contributed by atoms with Crippen LogP contribution in [0.5, 0.6) is 0 Å². The zero-order chi connectivity index (χ0) is 16.3. The third kappa shape index (κ3) is 3.90. The van der Waals surface area contributed by atoms with Crippen LogP contribution in [0.15, 0.2) is 12.1 Å². The summed E-state index contributed by atoms with van der Waals surface area (Å²) >= 11 is 12.0. The van der Waals surface area contributed by atoms with Gasteiger partial charge in [0.2, 0.25) is 0 Å². The molecule has 1 fully saturated rings. The SMILES string of the molecule is O=C(O)C(Cl)Cc1cc(Cl)c(C2CCCCC2)c([N+](=O)[O-])c1. The summed E-state index contributed by atoms with van der Waals surface area (Å²) in [5.74, 6) is -1.06. The fourth-order valence-corrected chi connectivity index (χ4v) is 3.59. The van der Waals surface area contributed by atoms with Crippen molar-refractivity contribution < 1.29 is 14.8 Å². The Balaban J connectivity index is 2.38. The van der Waals surface area contributed by atoms with Gasteiger partial charge in [-0.05, 0) is 36.8 Å². The van der Waals surface area contributed by atoms with E-state index in [1.165, 1.54) is 6.07 Å². The third-order valence-corrected chi connectivity index (χ3v) is 4.71. The van der Waals surface area contributed by atoms with Gasteiger partial charge in [0.25, 0.3) is 5.69 Å². The number of carboxylic acid groups (broad SMARTS) is 1. The van der Waals surface area contributed by atoms with E-state index in [-0.39, 0.29) is 18.0 Å². The Labute approximate surface area is 138 Å². The van der Waals surface area contributed by atoms with E-state index in [1.807, 2.05) is 0 Å². The van der Waals surface area contributed by atoms with Crippen LogP contribution in [0.4, 0.5) is 5.69 Å². The van der Waals surface area contributed by atoms with Gasteiger partial charge in [0, 0.05) is 6.07 Å². The van der Waals surface area contributed by atoms with Crippen molar-refractivity contribution in [3.05, 3.63) is 38.4 Å². The number of benzene rings is 1. The Morgan fingerprint density at radius 1 is 1.36 bits per heavy atom. The molecule has 1 aliphatic carbocycles. The van der Waals surface area contributed by atoms with Crippen molar-refractivity contribution in [3.8, 4) is 0 Å². The number of halogens is 2. The molecule has 0 amide bonds. The lowest BCUT2D eigenvalue weighted by atomic mass is 9.83. The predicted octanol–water partition coefficient (Wildman–Crippen LogP) is 4.53. The molecule has 7 heteroatoms. The molecule has 1 aromatic carbocycles. The fraction of sp³-hybridized carbons (Fsp3) is 0.533. The molecule has 5 nitrogen and oxygen atoms in total. The molecule has 0 radical (unpaired) electrons.